The normalized spacial score (nSPS) is 11.8. The van der Waals surface area contributed by atoms with E-state index >= 15 is 0 Å². The molecule has 96 valence electrons. The minimum absolute atomic E-state index is 0.180. The van der Waals surface area contributed by atoms with Crippen molar-refractivity contribution in [3.63, 3.8) is 0 Å². The molecule has 0 amide bonds. The molecule has 0 aliphatic carbocycles. The van der Waals surface area contributed by atoms with Gasteiger partial charge in [0.1, 0.15) is 0 Å². The number of hydrogen-bond acceptors (Lipinski definition) is 2. The van der Waals surface area contributed by atoms with E-state index in [1.165, 1.54) is 5.56 Å². The minimum atomic E-state index is 0.180. The van der Waals surface area contributed by atoms with Gasteiger partial charge >= 0.3 is 0 Å². The lowest BCUT2D eigenvalue weighted by Crippen LogP contribution is -2.10. The predicted octanol–water partition coefficient (Wildman–Crippen LogP) is 2.84. The average molecular weight is 243 g/mol. The van der Waals surface area contributed by atoms with Crippen LogP contribution in [-0.4, -0.2) is 9.78 Å². The highest BCUT2D eigenvalue weighted by molar-refractivity contribution is 5.63. The van der Waals surface area contributed by atoms with Gasteiger partial charge in [-0.15, -0.1) is 0 Å². The summed E-state index contributed by atoms with van der Waals surface area (Å²) in [7, 11) is 1.92. The maximum Gasteiger partial charge on any atom is 0.0967 e. The monoisotopic (exact) mass is 243 g/mol. The van der Waals surface area contributed by atoms with E-state index in [9.17, 15) is 0 Å². The van der Waals surface area contributed by atoms with E-state index in [1.54, 1.807) is 0 Å². The number of nitrogens with zero attached hydrogens (tertiary/aromatic N) is 2. The lowest BCUT2D eigenvalue weighted by atomic mass is 9.86. The first kappa shape index (κ1) is 12.8. The lowest BCUT2D eigenvalue weighted by molar-refractivity contribution is 0.590. The molecule has 0 radical (unpaired) electrons. The summed E-state index contributed by atoms with van der Waals surface area (Å²) in [5.74, 6) is 0. The summed E-state index contributed by atoms with van der Waals surface area (Å²) >= 11 is 0. The Kier molecular flexibility index (Phi) is 3.26. The first-order chi connectivity index (χ1) is 8.41. The number of benzene rings is 1. The molecule has 0 bridgehead atoms. The van der Waals surface area contributed by atoms with Gasteiger partial charge in [0.2, 0.25) is 0 Å². The van der Waals surface area contributed by atoms with Gasteiger partial charge in [0.05, 0.1) is 5.69 Å². The molecule has 1 aromatic heterocycles. The zero-order valence-electron chi connectivity index (χ0n) is 11.6. The van der Waals surface area contributed by atoms with E-state index in [-0.39, 0.29) is 5.41 Å². The van der Waals surface area contributed by atoms with Crippen LogP contribution in [0.1, 0.15) is 31.9 Å². The van der Waals surface area contributed by atoms with Crippen molar-refractivity contribution in [1.29, 1.82) is 0 Å². The summed E-state index contributed by atoms with van der Waals surface area (Å²) in [6.07, 6.45) is 1.98. The molecular weight excluding hydrogens is 222 g/mol. The fraction of sp³-hybridized carbons (Fsp3) is 0.400. The maximum absolute atomic E-state index is 5.75. The quantitative estimate of drug-likeness (QED) is 0.881. The number of hydrogen-bond donors (Lipinski definition) is 1. The molecular formula is C15H21N3. The fourth-order valence-corrected chi connectivity index (χ4v) is 2.06. The van der Waals surface area contributed by atoms with Crippen molar-refractivity contribution in [3.05, 3.63) is 41.6 Å². The number of aromatic nitrogens is 2. The molecule has 18 heavy (non-hydrogen) atoms. The molecule has 0 fully saturated rings. The summed E-state index contributed by atoms with van der Waals surface area (Å²) in [6.45, 7) is 7.17. The van der Waals surface area contributed by atoms with Crippen molar-refractivity contribution in [2.75, 3.05) is 0 Å². The molecule has 2 aromatic rings. The summed E-state index contributed by atoms with van der Waals surface area (Å²) in [4.78, 5) is 0. The van der Waals surface area contributed by atoms with Gasteiger partial charge < -0.3 is 5.73 Å². The van der Waals surface area contributed by atoms with E-state index in [4.69, 9.17) is 5.73 Å². The molecule has 1 aromatic carbocycles. The molecule has 0 aliphatic heterocycles. The van der Waals surface area contributed by atoms with Crippen molar-refractivity contribution in [2.45, 2.75) is 32.7 Å². The summed E-state index contributed by atoms with van der Waals surface area (Å²) in [5.41, 5.74) is 10.5. The third-order valence-electron chi connectivity index (χ3n) is 3.15. The number of rotatable bonds is 2. The third kappa shape index (κ3) is 2.46. The van der Waals surface area contributed by atoms with Crippen LogP contribution in [0.5, 0.6) is 0 Å². The van der Waals surface area contributed by atoms with Crippen molar-refractivity contribution in [3.8, 4) is 11.3 Å². The average Bonchev–Trinajstić information content (AvgIpc) is 2.69. The van der Waals surface area contributed by atoms with Gasteiger partial charge in [-0.05, 0) is 11.0 Å². The molecule has 0 saturated carbocycles. The molecule has 0 saturated heterocycles. The van der Waals surface area contributed by atoms with Gasteiger partial charge in [0, 0.05) is 30.9 Å². The summed E-state index contributed by atoms with van der Waals surface area (Å²) < 4.78 is 1.81. The molecule has 0 unspecified atom stereocenters. The summed E-state index contributed by atoms with van der Waals surface area (Å²) in [6, 6.07) is 8.60. The largest absolute Gasteiger partial charge is 0.326 e. The standard InChI is InChI=1S/C15H21N3/c1-15(2,3)13-7-5-11(6-8-13)14-12(9-16)10-18(4)17-14/h5-8,10H,9,16H2,1-4H3. The van der Waals surface area contributed by atoms with E-state index < -0.39 is 0 Å². The van der Waals surface area contributed by atoms with Gasteiger partial charge in [0.15, 0.2) is 0 Å². The molecule has 0 atom stereocenters. The van der Waals surface area contributed by atoms with Crippen molar-refractivity contribution in [2.24, 2.45) is 12.8 Å². The van der Waals surface area contributed by atoms with E-state index in [0.29, 0.717) is 6.54 Å². The van der Waals surface area contributed by atoms with Gasteiger partial charge in [-0.2, -0.15) is 5.10 Å². The molecule has 1 heterocycles. The SMILES string of the molecule is Cn1cc(CN)c(-c2ccc(C(C)(C)C)cc2)n1. The second-order valence-electron chi connectivity index (χ2n) is 5.71. The zero-order chi connectivity index (χ0) is 13.3. The number of aryl methyl sites for hydroxylation is 1. The highest BCUT2D eigenvalue weighted by atomic mass is 15.3. The van der Waals surface area contributed by atoms with Crippen molar-refractivity contribution < 1.29 is 0 Å². The van der Waals surface area contributed by atoms with E-state index in [0.717, 1.165) is 16.8 Å². The van der Waals surface area contributed by atoms with Gasteiger partial charge in [-0.1, -0.05) is 45.0 Å². The first-order valence-electron chi connectivity index (χ1n) is 6.25. The van der Waals surface area contributed by atoms with Crippen molar-refractivity contribution >= 4 is 0 Å². The highest BCUT2D eigenvalue weighted by Gasteiger charge is 2.14. The molecule has 3 heteroatoms. The van der Waals surface area contributed by atoms with Crippen LogP contribution >= 0.6 is 0 Å². The van der Waals surface area contributed by atoms with Crippen LogP contribution in [0, 0.1) is 0 Å². The Morgan fingerprint density at radius 1 is 1.17 bits per heavy atom. The van der Waals surface area contributed by atoms with Gasteiger partial charge in [-0.25, -0.2) is 0 Å². The highest BCUT2D eigenvalue weighted by Crippen LogP contribution is 2.26. The Hall–Kier alpha value is -1.61. The minimum Gasteiger partial charge on any atom is -0.326 e. The van der Waals surface area contributed by atoms with Crippen molar-refractivity contribution in [1.82, 2.24) is 9.78 Å². The molecule has 3 nitrogen and oxygen atoms in total. The Bertz CT molecular complexity index is 530. The number of nitrogens with two attached hydrogens (primary N) is 1. The van der Waals surface area contributed by atoms with Gasteiger partial charge in [0.25, 0.3) is 0 Å². The summed E-state index contributed by atoms with van der Waals surface area (Å²) in [5, 5.41) is 4.48. The van der Waals surface area contributed by atoms with E-state index in [2.05, 4.69) is 50.1 Å². The first-order valence-corrected chi connectivity index (χ1v) is 6.25. The van der Waals surface area contributed by atoms with Crippen LogP contribution in [0.3, 0.4) is 0 Å². The van der Waals surface area contributed by atoms with E-state index in [1.807, 2.05) is 17.9 Å². The van der Waals surface area contributed by atoms with Crippen LogP contribution in [0.2, 0.25) is 0 Å². The zero-order valence-corrected chi connectivity index (χ0v) is 11.6. The Morgan fingerprint density at radius 2 is 1.78 bits per heavy atom. The topological polar surface area (TPSA) is 43.8 Å². The Balaban J connectivity index is 2.40. The smallest absolute Gasteiger partial charge is 0.0967 e. The van der Waals surface area contributed by atoms with Crippen LogP contribution in [0.25, 0.3) is 11.3 Å². The second kappa shape index (κ2) is 4.58. The molecule has 2 N–H and O–H groups in total. The van der Waals surface area contributed by atoms with Crippen LogP contribution in [-0.2, 0) is 19.0 Å². The predicted molar refractivity (Wildman–Crippen MR) is 75.2 cm³/mol. The van der Waals surface area contributed by atoms with Gasteiger partial charge in [-0.3, -0.25) is 4.68 Å². The fourth-order valence-electron chi connectivity index (χ4n) is 2.06. The molecule has 0 spiro atoms. The Labute approximate surface area is 109 Å². The molecule has 2 rings (SSSR count). The van der Waals surface area contributed by atoms with Crippen LogP contribution in [0.15, 0.2) is 30.5 Å². The van der Waals surface area contributed by atoms with Crippen LogP contribution < -0.4 is 5.73 Å². The third-order valence-corrected chi connectivity index (χ3v) is 3.15. The maximum atomic E-state index is 5.75. The Morgan fingerprint density at radius 3 is 2.28 bits per heavy atom. The second-order valence-corrected chi connectivity index (χ2v) is 5.71. The molecule has 0 aliphatic rings. The lowest BCUT2D eigenvalue weighted by Gasteiger charge is -2.19. The van der Waals surface area contributed by atoms with Crippen LogP contribution in [0.4, 0.5) is 0 Å².